The lowest BCUT2D eigenvalue weighted by molar-refractivity contribution is 0.606. The molecule has 0 atom stereocenters. The topological polar surface area (TPSA) is 52.0 Å². The predicted octanol–water partition coefficient (Wildman–Crippen LogP) is 3.32. The molecular weight excluding hydrogens is 371 g/mol. The number of imidazole rings is 1. The maximum atomic E-state index is 13.5. The van der Waals surface area contributed by atoms with Gasteiger partial charge in [0, 0.05) is 23.3 Å². The number of hydrogen-bond acceptors (Lipinski definition) is 3. The number of aryl methyl sites for hydroxylation is 1. The molecule has 0 aliphatic rings. The van der Waals surface area contributed by atoms with Gasteiger partial charge in [-0.3, -0.25) is 0 Å². The van der Waals surface area contributed by atoms with Crippen LogP contribution in [0.3, 0.4) is 0 Å². The molecule has 0 fully saturated rings. The molecule has 1 aromatic heterocycles. The summed E-state index contributed by atoms with van der Waals surface area (Å²) in [6, 6.07) is 4.69. The van der Waals surface area contributed by atoms with Crippen LogP contribution in [0.4, 0.5) is 4.39 Å². The van der Waals surface area contributed by atoms with E-state index in [1.807, 2.05) is 6.92 Å². The maximum absolute atomic E-state index is 13.5. The second kappa shape index (κ2) is 5.83. The lowest BCUT2D eigenvalue weighted by Crippen LogP contribution is -2.04. The molecule has 20 heavy (non-hydrogen) atoms. The first-order valence-corrected chi connectivity index (χ1v) is 8.86. The summed E-state index contributed by atoms with van der Waals surface area (Å²) in [6.45, 7) is 2.16. The fraction of sp³-hybridized carbons (Fsp3) is 0.250. The smallest absolute Gasteiger partial charge is 0.280 e. The first-order chi connectivity index (χ1) is 9.32. The van der Waals surface area contributed by atoms with Crippen molar-refractivity contribution in [2.24, 2.45) is 0 Å². The fourth-order valence-electron chi connectivity index (χ4n) is 1.82. The van der Waals surface area contributed by atoms with Crippen LogP contribution in [0.2, 0.25) is 0 Å². The van der Waals surface area contributed by atoms with Crippen molar-refractivity contribution in [2.45, 2.75) is 24.9 Å². The summed E-state index contributed by atoms with van der Waals surface area (Å²) in [5, 5.41) is -0.191. The Hall–Kier alpha value is -0.920. The maximum Gasteiger partial charge on any atom is 0.280 e. The second-order valence-corrected chi connectivity index (χ2v) is 7.43. The van der Waals surface area contributed by atoms with Crippen LogP contribution in [-0.2, 0) is 22.0 Å². The molecule has 1 aromatic carbocycles. The summed E-state index contributed by atoms with van der Waals surface area (Å²) in [4.78, 5) is 3.98. The molecule has 0 aliphatic heterocycles. The van der Waals surface area contributed by atoms with Gasteiger partial charge in [-0.1, -0.05) is 19.1 Å². The number of rotatable bonds is 4. The van der Waals surface area contributed by atoms with Gasteiger partial charge in [0.05, 0.1) is 11.0 Å². The van der Waals surface area contributed by atoms with Gasteiger partial charge in [-0.05, 0) is 27.6 Å². The highest BCUT2D eigenvalue weighted by Crippen LogP contribution is 2.23. The minimum atomic E-state index is -3.87. The molecule has 4 nitrogen and oxygen atoms in total. The molecule has 2 rings (SSSR count). The third kappa shape index (κ3) is 3.21. The van der Waals surface area contributed by atoms with Crippen LogP contribution in [-0.4, -0.2) is 18.0 Å². The van der Waals surface area contributed by atoms with Crippen LogP contribution in [0.15, 0.2) is 33.9 Å². The Bertz CT molecular complexity index is 746. The minimum Gasteiger partial charge on any atom is -0.329 e. The van der Waals surface area contributed by atoms with E-state index in [-0.39, 0.29) is 10.8 Å². The van der Waals surface area contributed by atoms with Crippen molar-refractivity contribution in [1.82, 2.24) is 9.55 Å². The Morgan fingerprint density at radius 1 is 1.45 bits per heavy atom. The molecule has 8 heteroatoms. The largest absolute Gasteiger partial charge is 0.329 e. The number of nitrogens with zero attached hydrogens (tertiary/aromatic N) is 2. The summed E-state index contributed by atoms with van der Waals surface area (Å²) in [6.07, 6.45) is 1.90. The van der Waals surface area contributed by atoms with Crippen LogP contribution in [0, 0.1) is 5.82 Å². The molecule has 0 saturated heterocycles. The van der Waals surface area contributed by atoms with Crippen LogP contribution in [0.1, 0.15) is 18.3 Å². The molecule has 108 valence electrons. The van der Waals surface area contributed by atoms with Crippen molar-refractivity contribution < 1.29 is 12.8 Å². The number of halogens is 3. The number of aromatic nitrogens is 2. The average molecular weight is 382 g/mol. The van der Waals surface area contributed by atoms with Gasteiger partial charge in [-0.15, -0.1) is 0 Å². The van der Waals surface area contributed by atoms with E-state index >= 15 is 0 Å². The Labute approximate surface area is 129 Å². The van der Waals surface area contributed by atoms with Crippen molar-refractivity contribution in [1.29, 1.82) is 0 Å². The highest BCUT2D eigenvalue weighted by Gasteiger charge is 2.18. The standard InChI is InChI=1S/C12H11BrClFN2O2S/c1-2-10-16-11(20(14,18)19)7-17(10)6-8-4-3-5-9(15)12(8)13/h3-5,7H,2,6H2,1H3. The molecule has 1 heterocycles. The van der Waals surface area contributed by atoms with Crippen molar-refractivity contribution in [3.8, 4) is 0 Å². The first-order valence-electron chi connectivity index (χ1n) is 5.76. The lowest BCUT2D eigenvalue weighted by atomic mass is 10.2. The van der Waals surface area contributed by atoms with Crippen molar-refractivity contribution >= 4 is 35.7 Å². The molecular formula is C12H11BrClFN2O2S. The molecule has 0 saturated carbocycles. The van der Waals surface area contributed by atoms with Gasteiger partial charge in [0.1, 0.15) is 11.6 Å². The predicted molar refractivity (Wildman–Crippen MR) is 77.8 cm³/mol. The second-order valence-electron chi connectivity index (χ2n) is 4.13. The van der Waals surface area contributed by atoms with Crippen LogP contribution < -0.4 is 0 Å². The summed E-state index contributed by atoms with van der Waals surface area (Å²) in [7, 11) is 1.42. The summed E-state index contributed by atoms with van der Waals surface area (Å²) >= 11 is 3.18. The van der Waals surface area contributed by atoms with Crippen LogP contribution in [0.5, 0.6) is 0 Å². The van der Waals surface area contributed by atoms with Gasteiger partial charge in [-0.25, -0.2) is 17.8 Å². The van der Waals surface area contributed by atoms with Crippen molar-refractivity contribution in [2.75, 3.05) is 0 Å². The normalized spacial score (nSPS) is 11.8. The zero-order chi connectivity index (χ0) is 14.9. The van der Waals surface area contributed by atoms with Crippen molar-refractivity contribution in [3.05, 3.63) is 46.1 Å². The summed E-state index contributed by atoms with van der Waals surface area (Å²) < 4.78 is 38.1. The molecule has 0 aliphatic carbocycles. The first kappa shape index (κ1) is 15.5. The summed E-state index contributed by atoms with van der Waals surface area (Å²) in [5.41, 5.74) is 0.690. The van der Waals surface area contributed by atoms with E-state index in [1.165, 1.54) is 12.3 Å². The lowest BCUT2D eigenvalue weighted by Gasteiger charge is -2.08. The number of benzene rings is 1. The van der Waals surface area contributed by atoms with Gasteiger partial charge in [0.2, 0.25) is 0 Å². The zero-order valence-corrected chi connectivity index (χ0v) is 13.6. The van der Waals surface area contributed by atoms with Gasteiger partial charge < -0.3 is 4.57 Å². The molecule has 0 amide bonds. The summed E-state index contributed by atoms with van der Waals surface area (Å²) in [5.74, 6) is 0.200. The molecule has 0 unspecified atom stereocenters. The highest BCUT2D eigenvalue weighted by atomic mass is 79.9. The van der Waals surface area contributed by atoms with E-state index in [2.05, 4.69) is 20.9 Å². The molecule has 0 bridgehead atoms. The van der Waals surface area contributed by atoms with Crippen LogP contribution >= 0.6 is 26.6 Å². The minimum absolute atomic E-state index is 0.191. The Morgan fingerprint density at radius 3 is 2.75 bits per heavy atom. The Morgan fingerprint density at radius 2 is 2.15 bits per heavy atom. The molecule has 0 spiro atoms. The van der Waals surface area contributed by atoms with E-state index in [0.29, 0.717) is 28.8 Å². The van der Waals surface area contributed by atoms with Gasteiger partial charge >= 0.3 is 0 Å². The van der Waals surface area contributed by atoms with Gasteiger partial charge in [0.15, 0.2) is 5.03 Å². The average Bonchev–Trinajstić information content (AvgIpc) is 2.78. The van der Waals surface area contributed by atoms with Crippen molar-refractivity contribution in [3.63, 3.8) is 0 Å². The van der Waals surface area contributed by atoms with Gasteiger partial charge in [0.25, 0.3) is 9.05 Å². The Kier molecular flexibility index (Phi) is 4.51. The zero-order valence-electron chi connectivity index (χ0n) is 10.5. The van der Waals surface area contributed by atoms with E-state index in [9.17, 15) is 12.8 Å². The fourth-order valence-corrected chi connectivity index (χ4v) is 2.90. The third-order valence-electron chi connectivity index (χ3n) is 2.78. The quantitative estimate of drug-likeness (QED) is 0.763. The third-order valence-corrected chi connectivity index (χ3v) is 4.83. The SMILES string of the molecule is CCc1nc(S(=O)(=O)Cl)cn1Cc1cccc(F)c1Br. The van der Waals surface area contributed by atoms with Gasteiger partial charge in [-0.2, -0.15) is 0 Å². The highest BCUT2D eigenvalue weighted by molar-refractivity contribution is 9.10. The van der Waals surface area contributed by atoms with Crippen LogP contribution in [0.25, 0.3) is 0 Å². The Balaban J connectivity index is 2.43. The number of hydrogen-bond donors (Lipinski definition) is 0. The van der Waals surface area contributed by atoms with E-state index in [1.54, 1.807) is 16.7 Å². The molecule has 0 radical (unpaired) electrons. The molecule has 0 N–H and O–H groups in total. The van der Waals surface area contributed by atoms with E-state index in [4.69, 9.17) is 10.7 Å². The monoisotopic (exact) mass is 380 g/mol. The van der Waals surface area contributed by atoms with E-state index in [0.717, 1.165) is 0 Å². The molecule has 2 aromatic rings. The van der Waals surface area contributed by atoms with E-state index < -0.39 is 9.05 Å².